The van der Waals surface area contributed by atoms with Crippen LogP contribution >= 0.6 is 11.6 Å². The van der Waals surface area contributed by atoms with Crippen molar-refractivity contribution in [2.45, 2.75) is 11.8 Å². The Hall–Kier alpha value is -1.36. The Bertz CT molecular complexity index is 503. The highest BCUT2D eigenvalue weighted by Gasteiger charge is 2.72. The normalized spacial score (nSPS) is 27.9. The van der Waals surface area contributed by atoms with Crippen LogP contribution in [0.2, 0.25) is 0 Å². The van der Waals surface area contributed by atoms with Crippen LogP contribution in [-0.4, -0.2) is 18.0 Å². The Morgan fingerprint density at radius 3 is 2.71 bits per heavy atom. The average molecular weight is 261 g/mol. The van der Waals surface area contributed by atoms with Crippen molar-refractivity contribution < 1.29 is 23.0 Å². The molecule has 2 atom stereocenters. The summed E-state index contributed by atoms with van der Waals surface area (Å²) in [5.74, 6) is -4.70. The molecular weight excluding hydrogens is 254 g/mol. The zero-order chi connectivity index (χ0) is 12.2. The Morgan fingerprint density at radius 2 is 2.06 bits per heavy atom. The molecule has 0 spiro atoms. The number of hydrogen-bond acceptors (Lipinski definition) is 3. The number of alkyl halides is 2. The van der Waals surface area contributed by atoms with Gasteiger partial charge in [-0.2, -0.15) is 0 Å². The maximum Gasteiger partial charge on any atom is 0.267 e. The highest BCUT2D eigenvalue weighted by Crippen LogP contribution is 2.62. The first kappa shape index (κ1) is 10.8. The van der Waals surface area contributed by atoms with Crippen LogP contribution in [0.15, 0.2) is 18.2 Å². The highest BCUT2D eigenvalue weighted by atomic mass is 35.5. The summed E-state index contributed by atoms with van der Waals surface area (Å²) in [4.78, 5) is 10.9. The Kier molecular flexibility index (Phi) is 2.10. The molecule has 0 radical (unpaired) electrons. The van der Waals surface area contributed by atoms with E-state index in [4.69, 9.17) is 21.1 Å². The number of ether oxygens (including phenoxy) is 2. The van der Waals surface area contributed by atoms with Crippen molar-refractivity contribution >= 4 is 16.8 Å². The molecule has 17 heavy (non-hydrogen) atoms. The van der Waals surface area contributed by atoms with Crippen molar-refractivity contribution in [3.05, 3.63) is 23.8 Å². The van der Waals surface area contributed by atoms with Crippen molar-refractivity contribution in [1.82, 2.24) is 0 Å². The SMILES string of the molecule is O=C(Cl)C1C(c2ccc3c(c2)OCO3)C1(F)F. The topological polar surface area (TPSA) is 35.5 Å². The number of carbonyl (C=O) groups is 1. The van der Waals surface area contributed by atoms with Gasteiger partial charge in [0, 0.05) is 0 Å². The van der Waals surface area contributed by atoms with Gasteiger partial charge in [0.1, 0.15) is 5.92 Å². The monoisotopic (exact) mass is 260 g/mol. The van der Waals surface area contributed by atoms with Gasteiger partial charge in [0.05, 0.1) is 5.92 Å². The molecule has 2 aliphatic rings. The van der Waals surface area contributed by atoms with Crippen LogP contribution in [0.3, 0.4) is 0 Å². The predicted octanol–water partition coefficient (Wildman–Crippen LogP) is 2.53. The van der Waals surface area contributed by atoms with Crippen LogP contribution in [0.5, 0.6) is 11.5 Å². The first-order chi connectivity index (χ1) is 8.01. The Balaban J connectivity index is 1.94. The molecule has 1 aromatic rings. The summed E-state index contributed by atoms with van der Waals surface area (Å²) in [6.45, 7) is 0.0811. The van der Waals surface area contributed by atoms with E-state index in [1.54, 1.807) is 6.07 Å². The lowest BCUT2D eigenvalue weighted by molar-refractivity contribution is -0.114. The molecule has 0 amide bonds. The van der Waals surface area contributed by atoms with Crippen LogP contribution in [0.25, 0.3) is 0 Å². The van der Waals surface area contributed by atoms with Gasteiger partial charge < -0.3 is 9.47 Å². The number of hydrogen-bond donors (Lipinski definition) is 0. The zero-order valence-corrected chi connectivity index (χ0v) is 9.21. The van der Waals surface area contributed by atoms with Crippen LogP contribution < -0.4 is 9.47 Å². The van der Waals surface area contributed by atoms with Gasteiger partial charge in [-0.05, 0) is 29.3 Å². The quantitative estimate of drug-likeness (QED) is 0.767. The van der Waals surface area contributed by atoms with Crippen molar-refractivity contribution in [3.8, 4) is 11.5 Å². The van der Waals surface area contributed by atoms with Gasteiger partial charge >= 0.3 is 0 Å². The smallest absolute Gasteiger partial charge is 0.267 e. The fraction of sp³-hybridized carbons (Fsp3) is 0.364. The molecule has 1 aliphatic heterocycles. The number of carbonyl (C=O) groups excluding carboxylic acids is 1. The zero-order valence-electron chi connectivity index (χ0n) is 8.45. The van der Waals surface area contributed by atoms with Gasteiger partial charge in [0.2, 0.25) is 12.0 Å². The molecule has 0 saturated heterocycles. The van der Waals surface area contributed by atoms with E-state index < -0.39 is 23.0 Å². The third kappa shape index (κ3) is 1.49. The van der Waals surface area contributed by atoms with Gasteiger partial charge in [-0.25, -0.2) is 8.78 Å². The minimum Gasteiger partial charge on any atom is -0.454 e. The molecule has 1 heterocycles. The second-order valence-electron chi connectivity index (χ2n) is 4.05. The molecule has 2 unspecified atom stereocenters. The van der Waals surface area contributed by atoms with Crippen LogP contribution in [0, 0.1) is 5.92 Å². The fourth-order valence-electron chi connectivity index (χ4n) is 2.13. The first-order valence-corrected chi connectivity index (χ1v) is 5.36. The number of fused-ring (bicyclic) bond motifs is 1. The van der Waals surface area contributed by atoms with E-state index in [9.17, 15) is 13.6 Å². The number of rotatable bonds is 2. The van der Waals surface area contributed by atoms with Crippen LogP contribution in [-0.2, 0) is 4.79 Å². The molecule has 1 fully saturated rings. The highest BCUT2D eigenvalue weighted by molar-refractivity contribution is 6.64. The van der Waals surface area contributed by atoms with E-state index >= 15 is 0 Å². The summed E-state index contributed by atoms with van der Waals surface area (Å²) in [5.41, 5.74) is 0.346. The summed E-state index contributed by atoms with van der Waals surface area (Å²) in [6, 6.07) is 4.54. The summed E-state index contributed by atoms with van der Waals surface area (Å²) in [7, 11) is 0. The van der Waals surface area contributed by atoms with Gasteiger partial charge in [-0.1, -0.05) is 6.07 Å². The second kappa shape index (κ2) is 3.32. The molecule has 3 rings (SSSR count). The molecule has 6 heteroatoms. The minimum atomic E-state index is -3.06. The van der Waals surface area contributed by atoms with Crippen molar-refractivity contribution in [2.24, 2.45) is 5.92 Å². The summed E-state index contributed by atoms with van der Waals surface area (Å²) in [6.07, 6.45) is 0. The summed E-state index contributed by atoms with van der Waals surface area (Å²) in [5, 5.41) is -1.00. The summed E-state index contributed by atoms with van der Waals surface area (Å²) >= 11 is 5.15. The summed E-state index contributed by atoms with van der Waals surface area (Å²) < 4.78 is 36.9. The van der Waals surface area contributed by atoms with E-state index in [2.05, 4.69) is 0 Å². The van der Waals surface area contributed by atoms with Gasteiger partial charge in [-0.15, -0.1) is 0 Å². The van der Waals surface area contributed by atoms with E-state index in [-0.39, 0.29) is 6.79 Å². The lowest BCUT2D eigenvalue weighted by Gasteiger charge is -2.01. The molecule has 90 valence electrons. The molecule has 0 N–H and O–H groups in total. The lowest BCUT2D eigenvalue weighted by Crippen LogP contribution is -1.99. The maximum absolute atomic E-state index is 13.4. The third-order valence-electron chi connectivity index (χ3n) is 3.05. The minimum absolute atomic E-state index is 0.0811. The molecule has 1 saturated carbocycles. The molecule has 1 aromatic carbocycles. The van der Waals surface area contributed by atoms with E-state index in [0.29, 0.717) is 17.1 Å². The molecular formula is C11H7ClF2O3. The second-order valence-corrected chi connectivity index (χ2v) is 4.42. The first-order valence-electron chi connectivity index (χ1n) is 4.98. The van der Waals surface area contributed by atoms with Crippen molar-refractivity contribution in [2.75, 3.05) is 6.79 Å². The van der Waals surface area contributed by atoms with Crippen LogP contribution in [0.1, 0.15) is 11.5 Å². The van der Waals surface area contributed by atoms with Crippen molar-refractivity contribution in [3.63, 3.8) is 0 Å². The molecule has 0 bridgehead atoms. The molecule has 1 aliphatic carbocycles. The van der Waals surface area contributed by atoms with Gasteiger partial charge in [0.25, 0.3) is 5.92 Å². The number of halogens is 3. The van der Waals surface area contributed by atoms with Crippen molar-refractivity contribution in [1.29, 1.82) is 0 Å². The van der Waals surface area contributed by atoms with Crippen LogP contribution in [0.4, 0.5) is 8.78 Å². The third-order valence-corrected chi connectivity index (χ3v) is 3.29. The van der Waals surface area contributed by atoms with Gasteiger partial charge in [-0.3, -0.25) is 4.79 Å². The Morgan fingerprint density at radius 1 is 1.35 bits per heavy atom. The fourth-order valence-corrected chi connectivity index (χ4v) is 2.40. The van der Waals surface area contributed by atoms with E-state index in [0.717, 1.165) is 0 Å². The standard InChI is InChI=1S/C11H7ClF2O3/c12-10(15)9-8(11(9,13)14)5-1-2-6-7(3-5)17-4-16-6/h1-3,8-9H,4H2. The molecule has 3 nitrogen and oxygen atoms in total. The van der Waals surface area contributed by atoms with E-state index in [1.165, 1.54) is 12.1 Å². The average Bonchev–Trinajstić information content (AvgIpc) is 2.66. The Labute approximate surface area is 100 Å². The largest absolute Gasteiger partial charge is 0.454 e. The lowest BCUT2D eigenvalue weighted by atomic mass is 10.1. The van der Waals surface area contributed by atoms with Gasteiger partial charge in [0.15, 0.2) is 11.5 Å². The number of benzene rings is 1. The maximum atomic E-state index is 13.4. The predicted molar refractivity (Wildman–Crippen MR) is 54.6 cm³/mol. The molecule has 0 aromatic heterocycles. The van der Waals surface area contributed by atoms with E-state index in [1.807, 2.05) is 0 Å².